The van der Waals surface area contributed by atoms with E-state index in [-0.39, 0.29) is 11.9 Å². The van der Waals surface area contributed by atoms with Crippen molar-refractivity contribution in [2.45, 2.75) is 26.8 Å². The Hall–Kier alpha value is -2.01. The van der Waals surface area contributed by atoms with Crippen molar-refractivity contribution in [3.63, 3.8) is 0 Å². The van der Waals surface area contributed by atoms with E-state index in [1.165, 1.54) is 7.11 Å². The molecular formula is C15H18ClN3O2. The number of aryl methyl sites for hydroxylation is 1. The van der Waals surface area contributed by atoms with Gasteiger partial charge in [-0.1, -0.05) is 11.6 Å². The van der Waals surface area contributed by atoms with Crippen molar-refractivity contribution in [2.24, 2.45) is 0 Å². The highest BCUT2D eigenvalue weighted by atomic mass is 35.5. The van der Waals surface area contributed by atoms with Crippen molar-refractivity contribution < 1.29 is 9.53 Å². The molecule has 1 N–H and O–H groups in total. The fourth-order valence-corrected chi connectivity index (χ4v) is 2.26. The lowest BCUT2D eigenvalue weighted by atomic mass is 10.2. The molecule has 0 atom stereocenters. The number of halogens is 1. The fourth-order valence-electron chi connectivity index (χ4n) is 2.09. The summed E-state index contributed by atoms with van der Waals surface area (Å²) in [6.07, 6.45) is 0. The highest BCUT2D eigenvalue weighted by molar-refractivity contribution is 6.31. The topological polar surface area (TPSA) is 56.1 Å². The molecule has 112 valence electrons. The van der Waals surface area contributed by atoms with Gasteiger partial charge in [0.05, 0.1) is 12.8 Å². The van der Waals surface area contributed by atoms with E-state index in [0.29, 0.717) is 22.2 Å². The van der Waals surface area contributed by atoms with Crippen molar-refractivity contribution in [1.82, 2.24) is 9.78 Å². The average molecular weight is 308 g/mol. The molecule has 0 saturated carbocycles. The first kappa shape index (κ1) is 15.4. The van der Waals surface area contributed by atoms with Crippen molar-refractivity contribution in [3.8, 4) is 5.75 Å². The van der Waals surface area contributed by atoms with Crippen LogP contribution >= 0.6 is 11.6 Å². The number of ether oxygens (including phenoxy) is 1. The number of benzene rings is 1. The van der Waals surface area contributed by atoms with E-state index in [4.69, 9.17) is 16.3 Å². The second-order valence-electron chi connectivity index (χ2n) is 5.01. The highest BCUT2D eigenvalue weighted by Crippen LogP contribution is 2.28. The van der Waals surface area contributed by atoms with Gasteiger partial charge in [0.25, 0.3) is 5.91 Å². The van der Waals surface area contributed by atoms with Gasteiger partial charge in [-0.05, 0) is 45.0 Å². The third-order valence-electron chi connectivity index (χ3n) is 3.05. The van der Waals surface area contributed by atoms with Crippen LogP contribution in [0, 0.1) is 6.92 Å². The zero-order valence-electron chi connectivity index (χ0n) is 12.5. The van der Waals surface area contributed by atoms with E-state index in [2.05, 4.69) is 10.4 Å². The summed E-state index contributed by atoms with van der Waals surface area (Å²) >= 11 is 5.95. The zero-order chi connectivity index (χ0) is 15.6. The van der Waals surface area contributed by atoms with Crippen LogP contribution in [0.3, 0.4) is 0 Å². The number of hydrogen-bond acceptors (Lipinski definition) is 3. The average Bonchev–Trinajstić information content (AvgIpc) is 2.81. The molecule has 0 spiro atoms. The van der Waals surface area contributed by atoms with Gasteiger partial charge >= 0.3 is 0 Å². The largest absolute Gasteiger partial charge is 0.495 e. The van der Waals surface area contributed by atoms with Crippen LogP contribution < -0.4 is 10.1 Å². The molecule has 0 aliphatic carbocycles. The van der Waals surface area contributed by atoms with Crippen molar-refractivity contribution in [3.05, 3.63) is 40.7 Å². The molecule has 0 fully saturated rings. The minimum absolute atomic E-state index is 0.201. The Bertz CT molecular complexity index is 665. The fraction of sp³-hybridized carbons (Fsp3) is 0.333. The summed E-state index contributed by atoms with van der Waals surface area (Å²) in [6.45, 7) is 5.95. The van der Waals surface area contributed by atoms with Crippen LogP contribution in [-0.2, 0) is 0 Å². The maximum Gasteiger partial charge on any atom is 0.276 e. The Morgan fingerprint density at radius 1 is 1.38 bits per heavy atom. The molecule has 1 amide bonds. The summed E-state index contributed by atoms with van der Waals surface area (Å²) in [5.41, 5.74) is 1.82. The molecule has 0 aliphatic heterocycles. The predicted molar refractivity (Wildman–Crippen MR) is 83.3 cm³/mol. The van der Waals surface area contributed by atoms with Crippen LogP contribution in [0.5, 0.6) is 5.75 Å². The predicted octanol–water partition coefficient (Wildman–Crippen LogP) is 3.69. The number of methoxy groups -OCH3 is 1. The van der Waals surface area contributed by atoms with Gasteiger partial charge in [0.15, 0.2) is 5.69 Å². The Balaban J connectivity index is 2.26. The molecule has 5 nitrogen and oxygen atoms in total. The minimum Gasteiger partial charge on any atom is -0.495 e. The van der Waals surface area contributed by atoms with Gasteiger partial charge in [-0.2, -0.15) is 5.10 Å². The monoisotopic (exact) mass is 307 g/mol. The van der Waals surface area contributed by atoms with Gasteiger partial charge in [-0.15, -0.1) is 0 Å². The maximum atomic E-state index is 12.3. The number of rotatable bonds is 4. The number of nitrogens with zero attached hydrogens (tertiary/aromatic N) is 2. The molecule has 0 bridgehead atoms. The van der Waals surface area contributed by atoms with Gasteiger partial charge in [0.2, 0.25) is 0 Å². The molecule has 0 aliphatic rings. The van der Waals surface area contributed by atoms with E-state index in [0.717, 1.165) is 5.69 Å². The Morgan fingerprint density at radius 3 is 2.67 bits per heavy atom. The Morgan fingerprint density at radius 2 is 2.10 bits per heavy atom. The quantitative estimate of drug-likeness (QED) is 0.937. The molecule has 0 unspecified atom stereocenters. The number of anilines is 1. The third-order valence-corrected chi connectivity index (χ3v) is 3.29. The van der Waals surface area contributed by atoms with Gasteiger partial charge < -0.3 is 10.1 Å². The van der Waals surface area contributed by atoms with Crippen LogP contribution in [0.1, 0.15) is 36.1 Å². The van der Waals surface area contributed by atoms with Gasteiger partial charge in [-0.25, -0.2) is 0 Å². The summed E-state index contributed by atoms with van der Waals surface area (Å²) in [7, 11) is 1.54. The van der Waals surface area contributed by atoms with Crippen molar-refractivity contribution >= 4 is 23.2 Å². The molecule has 2 rings (SSSR count). The van der Waals surface area contributed by atoms with E-state index in [1.807, 2.05) is 25.5 Å². The second kappa shape index (κ2) is 6.18. The van der Waals surface area contributed by atoms with Crippen LogP contribution in [0.25, 0.3) is 0 Å². The summed E-state index contributed by atoms with van der Waals surface area (Å²) in [4.78, 5) is 12.3. The van der Waals surface area contributed by atoms with Crippen molar-refractivity contribution in [2.75, 3.05) is 12.4 Å². The minimum atomic E-state index is -0.293. The van der Waals surface area contributed by atoms with Crippen LogP contribution in [0.4, 0.5) is 5.69 Å². The van der Waals surface area contributed by atoms with E-state index >= 15 is 0 Å². The van der Waals surface area contributed by atoms with Crippen LogP contribution in [0.2, 0.25) is 5.02 Å². The first-order valence-electron chi connectivity index (χ1n) is 6.63. The van der Waals surface area contributed by atoms with E-state index < -0.39 is 0 Å². The molecule has 1 aromatic heterocycles. The normalized spacial score (nSPS) is 10.8. The SMILES string of the molecule is COc1ccc(Cl)cc1NC(=O)c1cc(C)n(C(C)C)n1. The van der Waals surface area contributed by atoms with E-state index in [9.17, 15) is 4.79 Å². The van der Waals surface area contributed by atoms with Gasteiger partial charge in [0.1, 0.15) is 5.75 Å². The summed E-state index contributed by atoms with van der Waals surface area (Å²) in [5, 5.41) is 7.61. The Kier molecular flexibility index (Phi) is 4.53. The molecule has 6 heteroatoms. The van der Waals surface area contributed by atoms with Gasteiger partial charge in [0, 0.05) is 16.8 Å². The third kappa shape index (κ3) is 3.36. The molecule has 1 heterocycles. The van der Waals surface area contributed by atoms with Crippen LogP contribution in [0.15, 0.2) is 24.3 Å². The molecular weight excluding hydrogens is 290 g/mol. The standard InChI is InChI=1S/C15H18ClN3O2/c1-9(2)19-10(3)7-13(18-19)15(20)17-12-8-11(16)5-6-14(12)21-4/h5-9H,1-4H3,(H,17,20). The molecule has 1 aromatic carbocycles. The van der Waals surface area contributed by atoms with Crippen molar-refractivity contribution in [1.29, 1.82) is 0 Å². The molecule has 2 aromatic rings. The first-order chi connectivity index (χ1) is 9.92. The number of nitrogens with one attached hydrogen (secondary N) is 1. The lowest BCUT2D eigenvalue weighted by Gasteiger charge is -2.09. The Labute approximate surface area is 128 Å². The number of amides is 1. The van der Waals surface area contributed by atoms with E-state index in [1.54, 1.807) is 24.3 Å². The summed E-state index contributed by atoms with van der Waals surface area (Å²) < 4.78 is 7.01. The number of aromatic nitrogens is 2. The molecule has 21 heavy (non-hydrogen) atoms. The molecule has 0 radical (unpaired) electrons. The lowest BCUT2D eigenvalue weighted by molar-refractivity contribution is 0.102. The molecule has 0 saturated heterocycles. The highest BCUT2D eigenvalue weighted by Gasteiger charge is 2.15. The second-order valence-corrected chi connectivity index (χ2v) is 5.44. The van der Waals surface area contributed by atoms with Crippen LogP contribution in [-0.4, -0.2) is 22.8 Å². The smallest absolute Gasteiger partial charge is 0.276 e. The zero-order valence-corrected chi connectivity index (χ0v) is 13.2. The maximum absolute atomic E-state index is 12.3. The summed E-state index contributed by atoms with van der Waals surface area (Å²) in [5.74, 6) is 0.255. The first-order valence-corrected chi connectivity index (χ1v) is 7.01. The number of carbonyl (C=O) groups is 1. The number of hydrogen-bond donors (Lipinski definition) is 1. The number of carbonyl (C=O) groups excluding carboxylic acids is 1. The van der Waals surface area contributed by atoms with Gasteiger partial charge in [-0.3, -0.25) is 9.48 Å². The lowest BCUT2D eigenvalue weighted by Crippen LogP contribution is -2.14. The summed E-state index contributed by atoms with van der Waals surface area (Å²) in [6, 6.07) is 7.01.